The standard InChI is InChI=1S/C12H14N4O5/c1-3-6-12(2,11(17)18)13-7-4-5-8(16(19)20)10-9(7)14-21-15-10/h4-5,13H,3,6H2,1-2H3,(H,17,18). The molecule has 9 heteroatoms. The Bertz CT molecular complexity index is 698. The highest BCUT2D eigenvalue weighted by molar-refractivity contribution is 5.95. The van der Waals surface area contributed by atoms with E-state index in [0.717, 1.165) is 0 Å². The molecule has 0 amide bonds. The Kier molecular flexibility index (Phi) is 3.74. The molecule has 1 unspecified atom stereocenters. The molecule has 2 aromatic rings. The molecule has 0 saturated carbocycles. The highest BCUT2D eigenvalue weighted by Crippen LogP contribution is 2.31. The average molecular weight is 294 g/mol. The third kappa shape index (κ3) is 2.62. The van der Waals surface area contributed by atoms with Crippen molar-refractivity contribution < 1.29 is 19.5 Å². The Labute approximate surface area is 119 Å². The van der Waals surface area contributed by atoms with E-state index in [1.807, 2.05) is 6.92 Å². The third-order valence-corrected chi connectivity index (χ3v) is 3.22. The number of aromatic nitrogens is 2. The van der Waals surface area contributed by atoms with Crippen LogP contribution < -0.4 is 5.32 Å². The Morgan fingerprint density at radius 1 is 1.48 bits per heavy atom. The summed E-state index contributed by atoms with van der Waals surface area (Å²) in [4.78, 5) is 21.7. The summed E-state index contributed by atoms with van der Waals surface area (Å²) in [6, 6.07) is 2.64. The normalized spacial score (nSPS) is 13.8. The summed E-state index contributed by atoms with van der Waals surface area (Å²) in [5.41, 5.74) is -1.02. The minimum atomic E-state index is -1.21. The summed E-state index contributed by atoms with van der Waals surface area (Å²) in [5, 5.41) is 30.3. The van der Waals surface area contributed by atoms with Crippen molar-refractivity contribution in [1.82, 2.24) is 10.3 Å². The van der Waals surface area contributed by atoms with Crippen LogP contribution in [0.2, 0.25) is 0 Å². The molecule has 9 nitrogen and oxygen atoms in total. The number of carboxylic acid groups (broad SMARTS) is 1. The average Bonchev–Trinajstić information content (AvgIpc) is 2.88. The lowest BCUT2D eigenvalue weighted by Gasteiger charge is -2.26. The highest BCUT2D eigenvalue weighted by atomic mass is 16.6. The van der Waals surface area contributed by atoms with Crippen LogP contribution in [0.25, 0.3) is 11.0 Å². The van der Waals surface area contributed by atoms with Crippen molar-refractivity contribution in [3.05, 3.63) is 22.2 Å². The molecule has 0 aliphatic heterocycles. The summed E-state index contributed by atoms with van der Waals surface area (Å²) in [6.45, 7) is 3.41. The molecule has 1 heterocycles. The minimum Gasteiger partial charge on any atom is -0.480 e. The Morgan fingerprint density at radius 2 is 2.14 bits per heavy atom. The second kappa shape index (κ2) is 5.35. The van der Waals surface area contributed by atoms with Gasteiger partial charge in [0, 0.05) is 6.07 Å². The summed E-state index contributed by atoms with van der Waals surface area (Å²) < 4.78 is 4.54. The van der Waals surface area contributed by atoms with Crippen molar-refractivity contribution in [2.24, 2.45) is 0 Å². The van der Waals surface area contributed by atoms with Crippen LogP contribution in [0.15, 0.2) is 16.8 Å². The Hall–Kier alpha value is -2.71. The fourth-order valence-electron chi connectivity index (χ4n) is 2.12. The number of anilines is 1. The van der Waals surface area contributed by atoms with Crippen LogP contribution in [0.4, 0.5) is 11.4 Å². The van der Waals surface area contributed by atoms with Crippen molar-refractivity contribution in [3.8, 4) is 0 Å². The lowest BCUT2D eigenvalue weighted by atomic mass is 9.95. The van der Waals surface area contributed by atoms with Gasteiger partial charge in [-0.1, -0.05) is 13.3 Å². The second-order valence-electron chi connectivity index (χ2n) is 4.86. The SMILES string of the molecule is CCCC(C)(Nc1ccc([N+](=O)[O-])c2nonc12)C(=O)O. The first-order valence-corrected chi connectivity index (χ1v) is 6.30. The number of nitro groups is 1. The summed E-state index contributed by atoms with van der Waals surface area (Å²) in [7, 11) is 0. The first-order valence-electron chi connectivity index (χ1n) is 6.30. The number of hydrogen-bond acceptors (Lipinski definition) is 7. The first kappa shape index (κ1) is 14.7. The molecule has 0 aliphatic carbocycles. The van der Waals surface area contributed by atoms with Crippen LogP contribution >= 0.6 is 0 Å². The Balaban J connectivity index is 2.48. The molecule has 0 bridgehead atoms. The molecular weight excluding hydrogens is 280 g/mol. The zero-order valence-corrected chi connectivity index (χ0v) is 11.5. The van der Waals surface area contributed by atoms with E-state index in [2.05, 4.69) is 20.3 Å². The summed E-state index contributed by atoms with van der Waals surface area (Å²) in [6.07, 6.45) is 1.04. The number of non-ortho nitro benzene ring substituents is 1. The van der Waals surface area contributed by atoms with Crippen LogP contribution in [0, 0.1) is 10.1 Å². The Morgan fingerprint density at radius 3 is 2.71 bits per heavy atom. The van der Waals surface area contributed by atoms with E-state index >= 15 is 0 Å². The lowest BCUT2D eigenvalue weighted by Crippen LogP contribution is -2.43. The van der Waals surface area contributed by atoms with E-state index in [-0.39, 0.29) is 16.7 Å². The molecule has 2 rings (SSSR count). The molecule has 1 atom stereocenters. The van der Waals surface area contributed by atoms with E-state index in [4.69, 9.17) is 0 Å². The predicted molar refractivity (Wildman–Crippen MR) is 73.0 cm³/mol. The molecule has 112 valence electrons. The van der Waals surface area contributed by atoms with Crippen LogP contribution in [-0.4, -0.2) is 31.9 Å². The van der Waals surface area contributed by atoms with E-state index in [1.165, 1.54) is 12.1 Å². The molecule has 0 aliphatic rings. The molecule has 0 spiro atoms. The summed E-state index contributed by atoms with van der Waals surface area (Å²) >= 11 is 0. The smallest absolute Gasteiger partial charge is 0.329 e. The third-order valence-electron chi connectivity index (χ3n) is 3.22. The zero-order valence-electron chi connectivity index (χ0n) is 11.5. The number of benzene rings is 1. The van der Waals surface area contributed by atoms with Crippen molar-refractivity contribution in [1.29, 1.82) is 0 Å². The topological polar surface area (TPSA) is 131 Å². The number of hydrogen-bond donors (Lipinski definition) is 2. The fraction of sp³-hybridized carbons (Fsp3) is 0.417. The molecule has 1 aromatic heterocycles. The van der Waals surface area contributed by atoms with Crippen LogP contribution in [-0.2, 0) is 4.79 Å². The fourth-order valence-corrected chi connectivity index (χ4v) is 2.12. The van der Waals surface area contributed by atoms with Crippen LogP contribution in [0.1, 0.15) is 26.7 Å². The maximum atomic E-state index is 11.4. The van der Waals surface area contributed by atoms with E-state index in [0.29, 0.717) is 18.5 Å². The molecular formula is C12H14N4O5. The van der Waals surface area contributed by atoms with E-state index in [9.17, 15) is 20.0 Å². The van der Waals surface area contributed by atoms with Gasteiger partial charge in [0.1, 0.15) is 5.54 Å². The molecule has 0 saturated heterocycles. The van der Waals surface area contributed by atoms with E-state index < -0.39 is 16.4 Å². The quantitative estimate of drug-likeness (QED) is 0.612. The second-order valence-corrected chi connectivity index (χ2v) is 4.86. The number of nitrogens with zero attached hydrogens (tertiary/aromatic N) is 3. The highest BCUT2D eigenvalue weighted by Gasteiger charge is 2.33. The van der Waals surface area contributed by atoms with Gasteiger partial charge in [0.15, 0.2) is 5.52 Å². The van der Waals surface area contributed by atoms with Gasteiger partial charge in [-0.3, -0.25) is 10.1 Å². The molecule has 2 N–H and O–H groups in total. The number of nitrogens with one attached hydrogen (secondary N) is 1. The van der Waals surface area contributed by atoms with Gasteiger partial charge in [-0.25, -0.2) is 9.42 Å². The zero-order chi connectivity index (χ0) is 15.6. The molecule has 0 radical (unpaired) electrons. The first-order chi connectivity index (χ1) is 9.89. The predicted octanol–water partition coefficient (Wildman–Crippen LogP) is 2.19. The monoisotopic (exact) mass is 294 g/mol. The summed E-state index contributed by atoms with van der Waals surface area (Å²) in [5.74, 6) is -1.02. The lowest BCUT2D eigenvalue weighted by molar-refractivity contribution is -0.383. The number of fused-ring (bicyclic) bond motifs is 1. The van der Waals surface area contributed by atoms with Crippen molar-refractivity contribution in [3.63, 3.8) is 0 Å². The molecule has 21 heavy (non-hydrogen) atoms. The number of aliphatic carboxylic acids is 1. The number of rotatable bonds is 6. The van der Waals surface area contributed by atoms with Gasteiger partial charge in [0.25, 0.3) is 0 Å². The number of nitro benzene ring substituents is 1. The van der Waals surface area contributed by atoms with Gasteiger partial charge < -0.3 is 10.4 Å². The molecule has 0 fully saturated rings. The number of carboxylic acids is 1. The van der Waals surface area contributed by atoms with Crippen molar-refractivity contribution in [2.45, 2.75) is 32.2 Å². The van der Waals surface area contributed by atoms with Gasteiger partial charge >= 0.3 is 11.7 Å². The largest absolute Gasteiger partial charge is 0.480 e. The van der Waals surface area contributed by atoms with Gasteiger partial charge in [0.2, 0.25) is 5.52 Å². The van der Waals surface area contributed by atoms with Gasteiger partial charge in [-0.2, -0.15) is 0 Å². The van der Waals surface area contributed by atoms with Gasteiger partial charge in [-0.05, 0) is 29.7 Å². The van der Waals surface area contributed by atoms with Crippen molar-refractivity contribution >= 4 is 28.4 Å². The maximum absolute atomic E-state index is 11.4. The van der Waals surface area contributed by atoms with Crippen LogP contribution in [0.3, 0.4) is 0 Å². The van der Waals surface area contributed by atoms with Gasteiger partial charge in [0.05, 0.1) is 10.6 Å². The maximum Gasteiger partial charge on any atom is 0.329 e. The molecule has 1 aromatic carbocycles. The van der Waals surface area contributed by atoms with Crippen molar-refractivity contribution in [2.75, 3.05) is 5.32 Å². The van der Waals surface area contributed by atoms with E-state index in [1.54, 1.807) is 6.92 Å². The number of carbonyl (C=O) groups is 1. The van der Waals surface area contributed by atoms with Gasteiger partial charge in [-0.15, -0.1) is 0 Å². The van der Waals surface area contributed by atoms with Crippen LogP contribution in [0.5, 0.6) is 0 Å². The minimum absolute atomic E-state index is 0.0192.